The molecule has 0 fully saturated rings. The molecular weight excluding hydrogens is 311 g/mol. The molecule has 2 rings (SSSR count). The highest BCUT2D eigenvalue weighted by Gasteiger charge is 2.08. The molecule has 0 N–H and O–H groups in total. The van der Waals surface area contributed by atoms with Gasteiger partial charge in [-0.05, 0) is 73.7 Å². The van der Waals surface area contributed by atoms with Gasteiger partial charge in [0, 0.05) is 13.6 Å². The van der Waals surface area contributed by atoms with E-state index in [1.54, 1.807) is 12.4 Å². The zero-order valence-corrected chi connectivity index (χ0v) is 14.8. The lowest BCUT2D eigenvalue weighted by molar-refractivity contribution is 0.552. The molecule has 0 atom stereocenters. The van der Waals surface area contributed by atoms with Crippen molar-refractivity contribution in [2.24, 2.45) is 4.99 Å². The Hall–Kier alpha value is -1.87. The molecule has 0 saturated carbocycles. The molecule has 0 bridgehead atoms. The van der Waals surface area contributed by atoms with E-state index in [1.807, 2.05) is 44.0 Å². The molecule has 0 aliphatic heterocycles. The zero-order chi connectivity index (χ0) is 17.0. The zero-order valence-electron chi connectivity index (χ0n) is 14.0. The Balaban J connectivity index is 2.27. The first-order valence-corrected chi connectivity index (χ1v) is 8.07. The first-order chi connectivity index (χ1) is 10.9. The Bertz CT molecular complexity index is 726. The standard InChI is InChI=1S/C19H22ClFN2/c1-5-23(4)12-22-19-9-14(3)16(11-18(19)20)10-15-6-7-17(21)8-13(15)2/h6-9,11-12H,5,10H2,1-4H3. The van der Waals surface area contributed by atoms with Crippen LogP contribution in [0.4, 0.5) is 10.1 Å². The monoisotopic (exact) mass is 332 g/mol. The molecule has 2 nitrogen and oxygen atoms in total. The lowest BCUT2D eigenvalue weighted by atomic mass is 9.97. The van der Waals surface area contributed by atoms with Crippen LogP contribution in [0.1, 0.15) is 29.2 Å². The average Bonchev–Trinajstić information content (AvgIpc) is 2.51. The molecule has 0 heterocycles. The summed E-state index contributed by atoms with van der Waals surface area (Å²) >= 11 is 6.37. The second-order valence-electron chi connectivity index (χ2n) is 5.80. The number of hydrogen-bond acceptors (Lipinski definition) is 1. The minimum Gasteiger partial charge on any atom is -0.366 e. The van der Waals surface area contributed by atoms with Gasteiger partial charge in [0.05, 0.1) is 17.0 Å². The quantitative estimate of drug-likeness (QED) is 0.536. The van der Waals surface area contributed by atoms with E-state index < -0.39 is 0 Å². The van der Waals surface area contributed by atoms with Gasteiger partial charge < -0.3 is 4.90 Å². The molecule has 0 spiro atoms. The molecular formula is C19H22ClFN2. The number of nitrogens with zero attached hydrogens (tertiary/aromatic N) is 2. The SMILES string of the molecule is CCN(C)C=Nc1cc(C)c(Cc2ccc(F)cc2C)cc1Cl. The van der Waals surface area contributed by atoms with Crippen LogP contribution < -0.4 is 0 Å². The lowest BCUT2D eigenvalue weighted by Crippen LogP contribution is -2.14. The van der Waals surface area contributed by atoms with Gasteiger partial charge in [-0.25, -0.2) is 9.38 Å². The fourth-order valence-corrected chi connectivity index (χ4v) is 2.54. The second kappa shape index (κ2) is 7.60. The highest BCUT2D eigenvalue weighted by atomic mass is 35.5. The molecule has 0 amide bonds. The summed E-state index contributed by atoms with van der Waals surface area (Å²) in [6.45, 7) is 6.93. The maximum atomic E-state index is 13.2. The molecule has 0 aliphatic carbocycles. The van der Waals surface area contributed by atoms with E-state index in [4.69, 9.17) is 11.6 Å². The number of rotatable bonds is 5. The Morgan fingerprint density at radius 3 is 2.48 bits per heavy atom. The fourth-order valence-electron chi connectivity index (χ4n) is 2.30. The third-order valence-corrected chi connectivity index (χ3v) is 4.29. The Morgan fingerprint density at radius 2 is 1.83 bits per heavy atom. The molecule has 0 aliphatic rings. The molecule has 23 heavy (non-hydrogen) atoms. The van der Waals surface area contributed by atoms with Gasteiger partial charge in [-0.15, -0.1) is 0 Å². The first-order valence-electron chi connectivity index (χ1n) is 7.69. The largest absolute Gasteiger partial charge is 0.366 e. The predicted octanol–water partition coefficient (Wildman–Crippen LogP) is 5.30. The van der Waals surface area contributed by atoms with E-state index in [0.717, 1.165) is 40.9 Å². The van der Waals surface area contributed by atoms with Gasteiger partial charge in [-0.3, -0.25) is 0 Å². The molecule has 0 aromatic heterocycles. The molecule has 0 radical (unpaired) electrons. The number of aryl methyl sites for hydroxylation is 2. The van der Waals surface area contributed by atoms with Crippen LogP contribution in [0.5, 0.6) is 0 Å². The molecule has 4 heteroatoms. The summed E-state index contributed by atoms with van der Waals surface area (Å²) in [5.74, 6) is -0.203. The summed E-state index contributed by atoms with van der Waals surface area (Å²) in [4.78, 5) is 6.42. The minimum absolute atomic E-state index is 0.203. The summed E-state index contributed by atoms with van der Waals surface area (Å²) in [6.07, 6.45) is 2.51. The maximum Gasteiger partial charge on any atom is 0.123 e. The van der Waals surface area contributed by atoms with Crippen LogP contribution in [0.2, 0.25) is 5.02 Å². The van der Waals surface area contributed by atoms with Gasteiger partial charge >= 0.3 is 0 Å². The molecule has 122 valence electrons. The maximum absolute atomic E-state index is 13.2. The third-order valence-electron chi connectivity index (χ3n) is 3.98. The fraction of sp³-hybridized carbons (Fsp3) is 0.316. The van der Waals surface area contributed by atoms with Crippen LogP contribution in [-0.4, -0.2) is 24.8 Å². The summed E-state index contributed by atoms with van der Waals surface area (Å²) in [5, 5.41) is 0.631. The summed E-state index contributed by atoms with van der Waals surface area (Å²) in [6, 6.07) is 8.85. The van der Waals surface area contributed by atoms with E-state index >= 15 is 0 Å². The Morgan fingerprint density at radius 1 is 1.13 bits per heavy atom. The third kappa shape index (κ3) is 4.55. The summed E-state index contributed by atoms with van der Waals surface area (Å²) in [7, 11) is 1.97. The van der Waals surface area contributed by atoms with Crippen LogP contribution in [0, 0.1) is 19.7 Å². The van der Waals surface area contributed by atoms with Crippen molar-refractivity contribution >= 4 is 23.6 Å². The van der Waals surface area contributed by atoms with Crippen LogP contribution >= 0.6 is 11.6 Å². The second-order valence-corrected chi connectivity index (χ2v) is 6.20. The molecule has 2 aromatic carbocycles. The van der Waals surface area contributed by atoms with Crippen molar-refractivity contribution in [3.63, 3.8) is 0 Å². The van der Waals surface area contributed by atoms with Gasteiger partial charge in [-0.2, -0.15) is 0 Å². The predicted molar refractivity (Wildman–Crippen MR) is 96.6 cm³/mol. The van der Waals surface area contributed by atoms with Crippen LogP contribution in [0.3, 0.4) is 0 Å². The van der Waals surface area contributed by atoms with E-state index in [-0.39, 0.29) is 5.82 Å². The van der Waals surface area contributed by atoms with Crippen molar-refractivity contribution in [3.05, 3.63) is 63.4 Å². The molecule has 2 aromatic rings. The van der Waals surface area contributed by atoms with Crippen LogP contribution in [0.25, 0.3) is 0 Å². The summed E-state index contributed by atoms with van der Waals surface area (Å²) < 4.78 is 13.2. The van der Waals surface area contributed by atoms with Crippen LogP contribution in [0.15, 0.2) is 35.3 Å². The van der Waals surface area contributed by atoms with Crippen LogP contribution in [-0.2, 0) is 6.42 Å². The van der Waals surface area contributed by atoms with Crippen molar-refractivity contribution in [1.29, 1.82) is 0 Å². The Kier molecular flexibility index (Phi) is 5.78. The van der Waals surface area contributed by atoms with Crippen molar-refractivity contribution in [3.8, 4) is 0 Å². The van der Waals surface area contributed by atoms with Crippen molar-refractivity contribution in [1.82, 2.24) is 4.90 Å². The van der Waals surface area contributed by atoms with Gasteiger partial charge in [0.25, 0.3) is 0 Å². The Labute approximate surface area is 142 Å². The molecule has 0 unspecified atom stereocenters. The normalized spacial score (nSPS) is 11.2. The van der Waals surface area contributed by atoms with Gasteiger partial charge in [0.2, 0.25) is 0 Å². The minimum atomic E-state index is -0.203. The average molecular weight is 333 g/mol. The highest BCUT2D eigenvalue weighted by molar-refractivity contribution is 6.33. The van der Waals surface area contributed by atoms with Crippen molar-refractivity contribution < 1.29 is 4.39 Å². The van der Waals surface area contributed by atoms with E-state index in [9.17, 15) is 4.39 Å². The molecule has 0 saturated heterocycles. The number of halogens is 2. The number of hydrogen-bond donors (Lipinski definition) is 0. The van der Waals surface area contributed by atoms with E-state index in [0.29, 0.717) is 5.02 Å². The smallest absolute Gasteiger partial charge is 0.123 e. The lowest BCUT2D eigenvalue weighted by Gasteiger charge is -2.12. The number of aliphatic imine (C=N–C) groups is 1. The van der Waals surface area contributed by atoms with Gasteiger partial charge in [0.1, 0.15) is 5.82 Å². The van der Waals surface area contributed by atoms with E-state index in [2.05, 4.69) is 11.9 Å². The highest BCUT2D eigenvalue weighted by Crippen LogP contribution is 2.30. The first kappa shape index (κ1) is 17.5. The van der Waals surface area contributed by atoms with Crippen molar-refractivity contribution in [2.75, 3.05) is 13.6 Å². The van der Waals surface area contributed by atoms with Gasteiger partial charge in [0.15, 0.2) is 0 Å². The topological polar surface area (TPSA) is 15.6 Å². The van der Waals surface area contributed by atoms with E-state index in [1.165, 1.54) is 6.07 Å². The summed E-state index contributed by atoms with van der Waals surface area (Å²) in [5.41, 5.74) is 5.08. The number of benzene rings is 2. The van der Waals surface area contributed by atoms with Gasteiger partial charge in [-0.1, -0.05) is 17.7 Å². The van der Waals surface area contributed by atoms with Crippen molar-refractivity contribution in [2.45, 2.75) is 27.2 Å².